The number of benzene rings is 2. The number of nitrogens with zero attached hydrogens (tertiary/aromatic N) is 4. The molecule has 34 heavy (non-hydrogen) atoms. The van der Waals surface area contributed by atoms with Crippen molar-refractivity contribution in [2.45, 2.75) is 26.8 Å². The highest BCUT2D eigenvalue weighted by Crippen LogP contribution is 2.29. The van der Waals surface area contributed by atoms with Gasteiger partial charge in [-0.2, -0.15) is 0 Å². The second-order valence-corrected chi connectivity index (χ2v) is 9.45. The van der Waals surface area contributed by atoms with Gasteiger partial charge in [-0.3, -0.25) is 9.20 Å². The minimum atomic E-state index is -0.200. The molecule has 0 aliphatic carbocycles. The second kappa shape index (κ2) is 9.07. The Kier molecular flexibility index (Phi) is 5.81. The molecule has 8 heteroatoms. The largest absolute Gasteiger partial charge is 0.350 e. The van der Waals surface area contributed by atoms with Crippen LogP contribution in [-0.4, -0.2) is 25.1 Å². The van der Waals surface area contributed by atoms with Crippen molar-refractivity contribution in [3.05, 3.63) is 104 Å². The third-order valence-electron chi connectivity index (χ3n) is 5.48. The average Bonchev–Trinajstić information content (AvgIpc) is 3.33. The lowest BCUT2D eigenvalue weighted by Crippen LogP contribution is -2.21. The smallest absolute Gasteiger partial charge is 0.326 e. The molecule has 1 N–H and O–H groups in total. The Hall–Kier alpha value is -4.04. The van der Waals surface area contributed by atoms with Gasteiger partial charge in [-0.05, 0) is 43.7 Å². The van der Waals surface area contributed by atoms with Crippen LogP contribution in [0.3, 0.4) is 0 Å². The molecule has 0 radical (unpaired) electrons. The zero-order chi connectivity index (χ0) is 23.7. The molecule has 0 bridgehead atoms. The van der Waals surface area contributed by atoms with Gasteiger partial charge in [-0.1, -0.05) is 48.0 Å². The number of pyridine rings is 1. The van der Waals surface area contributed by atoms with Crippen molar-refractivity contribution < 1.29 is 4.79 Å². The molecule has 0 saturated carbocycles. The highest BCUT2D eigenvalue weighted by Gasteiger charge is 2.15. The van der Waals surface area contributed by atoms with Gasteiger partial charge in [-0.25, -0.2) is 14.5 Å². The van der Waals surface area contributed by atoms with E-state index in [-0.39, 0.29) is 18.0 Å². The van der Waals surface area contributed by atoms with Crippen molar-refractivity contribution in [1.82, 2.24) is 19.2 Å². The van der Waals surface area contributed by atoms with Crippen LogP contribution in [0.25, 0.3) is 16.9 Å². The maximum absolute atomic E-state index is 12.9. The van der Waals surface area contributed by atoms with Crippen LogP contribution in [0.2, 0.25) is 0 Å². The maximum atomic E-state index is 12.9. The first-order chi connectivity index (χ1) is 16.5. The number of hydrogen-bond acceptors (Lipinski definition) is 5. The monoisotopic (exact) mass is 469 g/mol. The van der Waals surface area contributed by atoms with Crippen LogP contribution in [0.15, 0.2) is 77.7 Å². The first-order valence-corrected chi connectivity index (χ1v) is 11.7. The fourth-order valence-corrected chi connectivity index (χ4v) is 4.83. The van der Waals surface area contributed by atoms with E-state index in [0.717, 1.165) is 26.7 Å². The molecule has 7 nitrogen and oxygen atoms in total. The summed E-state index contributed by atoms with van der Waals surface area (Å²) in [6.45, 7) is 4.31. The second-order valence-electron chi connectivity index (χ2n) is 8.17. The molecule has 0 unspecified atom stereocenters. The van der Waals surface area contributed by atoms with Gasteiger partial charge < -0.3 is 5.32 Å². The number of fused-ring (bicyclic) bond motifs is 1. The Morgan fingerprint density at radius 1 is 1.03 bits per heavy atom. The van der Waals surface area contributed by atoms with Crippen molar-refractivity contribution >= 4 is 28.6 Å². The van der Waals surface area contributed by atoms with E-state index in [2.05, 4.69) is 15.4 Å². The minimum absolute atomic E-state index is 0.112. The molecule has 0 aliphatic heterocycles. The van der Waals surface area contributed by atoms with Gasteiger partial charge in [0, 0.05) is 22.3 Å². The highest BCUT2D eigenvalue weighted by molar-refractivity contribution is 7.12. The van der Waals surface area contributed by atoms with Gasteiger partial charge in [0.2, 0.25) is 5.91 Å². The molecular weight excluding hydrogens is 446 g/mol. The molecule has 3 aromatic heterocycles. The average molecular weight is 470 g/mol. The number of carbonyl (C=O) groups is 1. The number of carbonyl (C=O) groups excluding carboxylic acids is 1. The summed E-state index contributed by atoms with van der Waals surface area (Å²) in [5.41, 5.74) is 5.00. The van der Waals surface area contributed by atoms with Crippen molar-refractivity contribution in [1.29, 1.82) is 0 Å². The van der Waals surface area contributed by atoms with E-state index in [1.165, 1.54) is 14.6 Å². The van der Waals surface area contributed by atoms with E-state index < -0.39 is 0 Å². The van der Waals surface area contributed by atoms with E-state index in [4.69, 9.17) is 0 Å². The van der Waals surface area contributed by atoms with Crippen LogP contribution >= 0.6 is 11.3 Å². The zero-order valence-electron chi connectivity index (χ0n) is 18.9. The zero-order valence-corrected chi connectivity index (χ0v) is 19.7. The lowest BCUT2D eigenvalue weighted by Gasteiger charge is -2.08. The van der Waals surface area contributed by atoms with Gasteiger partial charge in [0.05, 0.1) is 23.7 Å². The molecule has 0 atom stereocenters. The lowest BCUT2D eigenvalue weighted by molar-refractivity contribution is -0.115. The first kappa shape index (κ1) is 21.8. The summed E-state index contributed by atoms with van der Waals surface area (Å²) in [6.07, 6.45) is 1.94. The Morgan fingerprint density at radius 2 is 1.85 bits per heavy atom. The first-order valence-electron chi connectivity index (χ1n) is 10.9. The maximum Gasteiger partial charge on any atom is 0.350 e. The molecule has 170 valence electrons. The van der Waals surface area contributed by atoms with Crippen LogP contribution in [0.5, 0.6) is 0 Å². The third kappa shape index (κ3) is 4.53. The van der Waals surface area contributed by atoms with E-state index in [1.54, 1.807) is 29.7 Å². The van der Waals surface area contributed by atoms with E-state index in [0.29, 0.717) is 17.9 Å². The molecule has 3 heterocycles. The molecule has 5 aromatic rings. The summed E-state index contributed by atoms with van der Waals surface area (Å²) >= 11 is 1.54. The molecule has 0 fully saturated rings. The molecule has 0 saturated heterocycles. The molecule has 1 amide bonds. The SMILES string of the molecule is Cc1ccc(-c2nc(C)sc2CC(=O)Nc2cccc(Cn3nc4ccccn4c3=O)c2)cc1. The molecule has 0 spiro atoms. The Balaban J connectivity index is 1.31. The van der Waals surface area contributed by atoms with E-state index in [1.807, 2.05) is 68.4 Å². The van der Waals surface area contributed by atoms with Crippen molar-refractivity contribution in [3.63, 3.8) is 0 Å². The molecule has 5 rings (SSSR count). The van der Waals surface area contributed by atoms with Crippen LogP contribution < -0.4 is 11.0 Å². The normalized spacial score (nSPS) is 11.1. The Labute approximate surface area is 200 Å². The Morgan fingerprint density at radius 3 is 2.65 bits per heavy atom. The van der Waals surface area contributed by atoms with Gasteiger partial charge in [0.25, 0.3) is 0 Å². The predicted molar refractivity (Wildman–Crippen MR) is 134 cm³/mol. The summed E-state index contributed by atoms with van der Waals surface area (Å²) in [5.74, 6) is -0.112. The Bertz CT molecular complexity index is 1550. The molecule has 2 aromatic carbocycles. The standard InChI is InChI=1S/C26H23N5O2S/c1-17-9-11-20(12-10-17)25-22(34-18(2)27-25)15-24(32)28-21-7-5-6-19(14-21)16-31-26(33)30-13-4-3-8-23(30)29-31/h3-14H,15-16H2,1-2H3,(H,28,32). The van der Waals surface area contributed by atoms with Crippen LogP contribution in [0, 0.1) is 13.8 Å². The lowest BCUT2D eigenvalue weighted by atomic mass is 10.1. The molecular formula is C26H23N5O2S. The summed E-state index contributed by atoms with van der Waals surface area (Å²) in [6, 6.07) is 21.1. The van der Waals surface area contributed by atoms with Gasteiger partial charge in [0.1, 0.15) is 0 Å². The summed E-state index contributed by atoms with van der Waals surface area (Å²) in [5, 5.41) is 8.29. The van der Waals surface area contributed by atoms with Gasteiger partial charge >= 0.3 is 5.69 Å². The molecule has 0 aliphatic rings. The minimum Gasteiger partial charge on any atom is -0.326 e. The summed E-state index contributed by atoms with van der Waals surface area (Å²) < 4.78 is 2.93. The predicted octanol–water partition coefficient (Wildman–Crippen LogP) is 4.47. The third-order valence-corrected chi connectivity index (χ3v) is 6.45. The fourth-order valence-electron chi connectivity index (χ4n) is 3.87. The van der Waals surface area contributed by atoms with Crippen molar-refractivity contribution in [3.8, 4) is 11.3 Å². The summed E-state index contributed by atoms with van der Waals surface area (Å²) in [7, 11) is 0. The number of hydrogen-bond donors (Lipinski definition) is 1. The topological polar surface area (TPSA) is 81.3 Å². The number of anilines is 1. The summed E-state index contributed by atoms with van der Waals surface area (Å²) in [4.78, 5) is 31.0. The fraction of sp³-hybridized carbons (Fsp3) is 0.154. The van der Waals surface area contributed by atoms with Gasteiger partial charge in [0.15, 0.2) is 5.65 Å². The van der Waals surface area contributed by atoms with Crippen LogP contribution in [0.1, 0.15) is 21.0 Å². The number of rotatable bonds is 6. The van der Waals surface area contributed by atoms with Gasteiger partial charge in [-0.15, -0.1) is 16.4 Å². The number of nitrogens with one attached hydrogen (secondary N) is 1. The van der Waals surface area contributed by atoms with E-state index in [9.17, 15) is 9.59 Å². The van der Waals surface area contributed by atoms with E-state index >= 15 is 0 Å². The van der Waals surface area contributed by atoms with Crippen LogP contribution in [0.4, 0.5) is 5.69 Å². The highest BCUT2D eigenvalue weighted by atomic mass is 32.1. The quantitative estimate of drug-likeness (QED) is 0.398. The number of amides is 1. The van der Waals surface area contributed by atoms with Crippen molar-refractivity contribution in [2.24, 2.45) is 0 Å². The number of aryl methyl sites for hydroxylation is 2. The van der Waals surface area contributed by atoms with Crippen molar-refractivity contribution in [2.75, 3.05) is 5.32 Å². The van der Waals surface area contributed by atoms with Crippen LogP contribution in [-0.2, 0) is 17.8 Å². The number of aromatic nitrogens is 4. The number of thiazole rings is 1.